The molecular formula is C11H16N4O2. The van der Waals surface area contributed by atoms with Crippen molar-refractivity contribution in [1.82, 2.24) is 15.3 Å². The largest absolute Gasteiger partial charge is 0.378 e. The number of fused-ring (bicyclic) bond motifs is 1. The van der Waals surface area contributed by atoms with E-state index < -0.39 is 0 Å². The van der Waals surface area contributed by atoms with Gasteiger partial charge in [-0.15, -0.1) is 0 Å². The highest BCUT2D eigenvalue weighted by Gasteiger charge is 2.19. The van der Waals surface area contributed by atoms with Crippen molar-refractivity contribution in [3.8, 4) is 0 Å². The van der Waals surface area contributed by atoms with E-state index in [-0.39, 0.29) is 5.56 Å². The molecule has 0 bridgehead atoms. The Morgan fingerprint density at radius 2 is 2.12 bits per heavy atom. The fraction of sp³-hybridized carbons (Fsp3) is 0.636. The molecule has 1 aromatic heterocycles. The molecule has 6 nitrogen and oxygen atoms in total. The summed E-state index contributed by atoms with van der Waals surface area (Å²) in [7, 11) is 0. The minimum Gasteiger partial charge on any atom is -0.378 e. The highest BCUT2D eigenvalue weighted by atomic mass is 16.5. The van der Waals surface area contributed by atoms with Crippen molar-refractivity contribution in [3.63, 3.8) is 0 Å². The number of aromatic amines is 1. The molecule has 1 aromatic rings. The maximum absolute atomic E-state index is 11.9. The summed E-state index contributed by atoms with van der Waals surface area (Å²) in [5.74, 6) is 0.693. The summed E-state index contributed by atoms with van der Waals surface area (Å²) in [6.07, 6.45) is 0.830. The lowest BCUT2D eigenvalue weighted by atomic mass is 10.1. The standard InChI is InChI=1S/C11H16N4O2/c16-10-8-7-12-2-1-9(8)13-11(14-10)15-3-5-17-6-4-15/h12H,1-7H2,(H,13,14,16). The maximum Gasteiger partial charge on any atom is 0.257 e. The van der Waals surface area contributed by atoms with Crippen molar-refractivity contribution in [1.29, 1.82) is 0 Å². The van der Waals surface area contributed by atoms with E-state index in [1.54, 1.807) is 0 Å². The van der Waals surface area contributed by atoms with E-state index in [0.717, 1.165) is 37.3 Å². The maximum atomic E-state index is 11.9. The Morgan fingerprint density at radius 3 is 2.94 bits per heavy atom. The van der Waals surface area contributed by atoms with Crippen LogP contribution in [0.5, 0.6) is 0 Å². The Bertz CT molecular complexity index is 465. The molecule has 2 aliphatic rings. The third-order valence-electron chi connectivity index (χ3n) is 3.24. The average Bonchev–Trinajstić information content (AvgIpc) is 2.40. The summed E-state index contributed by atoms with van der Waals surface area (Å²) < 4.78 is 5.29. The molecule has 0 atom stereocenters. The second kappa shape index (κ2) is 4.46. The lowest BCUT2D eigenvalue weighted by Gasteiger charge is -2.28. The molecule has 17 heavy (non-hydrogen) atoms. The number of H-pyrrole nitrogens is 1. The third-order valence-corrected chi connectivity index (χ3v) is 3.24. The predicted molar refractivity (Wildman–Crippen MR) is 63.3 cm³/mol. The molecule has 3 rings (SSSR count). The SMILES string of the molecule is O=c1[nH]c(N2CCOCC2)nc2c1CNCC2. The number of morpholine rings is 1. The first-order valence-corrected chi connectivity index (χ1v) is 6.00. The predicted octanol–water partition coefficient (Wildman–Crippen LogP) is -0.748. The molecule has 0 saturated carbocycles. The molecule has 6 heteroatoms. The number of rotatable bonds is 1. The summed E-state index contributed by atoms with van der Waals surface area (Å²) in [5, 5.41) is 3.19. The van der Waals surface area contributed by atoms with Gasteiger partial charge in [0.05, 0.1) is 24.5 Å². The molecule has 0 aliphatic carbocycles. The highest BCUT2D eigenvalue weighted by molar-refractivity contribution is 5.34. The van der Waals surface area contributed by atoms with Crippen LogP contribution in [0.25, 0.3) is 0 Å². The van der Waals surface area contributed by atoms with Crippen LogP contribution in [-0.2, 0) is 17.7 Å². The van der Waals surface area contributed by atoms with E-state index in [2.05, 4.69) is 20.2 Å². The first kappa shape index (κ1) is 10.7. The van der Waals surface area contributed by atoms with Crippen molar-refractivity contribution in [2.24, 2.45) is 0 Å². The van der Waals surface area contributed by atoms with Gasteiger partial charge in [-0.25, -0.2) is 4.98 Å². The van der Waals surface area contributed by atoms with E-state index in [4.69, 9.17) is 4.74 Å². The second-order valence-corrected chi connectivity index (χ2v) is 4.34. The first-order valence-electron chi connectivity index (χ1n) is 6.00. The average molecular weight is 236 g/mol. The number of ether oxygens (including phenoxy) is 1. The monoisotopic (exact) mass is 236 g/mol. The topological polar surface area (TPSA) is 70.2 Å². The normalized spacial score (nSPS) is 20.1. The molecule has 3 heterocycles. The van der Waals surface area contributed by atoms with Crippen molar-refractivity contribution in [2.45, 2.75) is 13.0 Å². The van der Waals surface area contributed by atoms with E-state index in [1.807, 2.05) is 0 Å². The van der Waals surface area contributed by atoms with Crippen molar-refractivity contribution in [2.75, 3.05) is 37.7 Å². The first-order chi connectivity index (χ1) is 8.34. The zero-order valence-corrected chi connectivity index (χ0v) is 9.66. The van der Waals surface area contributed by atoms with Crippen LogP contribution in [-0.4, -0.2) is 42.8 Å². The molecular weight excluding hydrogens is 220 g/mol. The van der Waals surface area contributed by atoms with E-state index in [1.165, 1.54) is 0 Å². The van der Waals surface area contributed by atoms with Crippen LogP contribution in [0.4, 0.5) is 5.95 Å². The molecule has 2 N–H and O–H groups in total. The van der Waals surface area contributed by atoms with Crippen LogP contribution in [0.15, 0.2) is 4.79 Å². The zero-order valence-electron chi connectivity index (χ0n) is 9.66. The minimum atomic E-state index is -0.0105. The second-order valence-electron chi connectivity index (χ2n) is 4.34. The van der Waals surface area contributed by atoms with Gasteiger partial charge in [-0.05, 0) is 0 Å². The molecule has 1 saturated heterocycles. The van der Waals surface area contributed by atoms with Crippen molar-refractivity contribution in [3.05, 3.63) is 21.6 Å². The molecule has 92 valence electrons. The van der Waals surface area contributed by atoms with Gasteiger partial charge in [-0.1, -0.05) is 0 Å². The number of aromatic nitrogens is 2. The summed E-state index contributed by atoms with van der Waals surface area (Å²) in [5.41, 5.74) is 1.71. The number of hydrogen-bond donors (Lipinski definition) is 2. The Morgan fingerprint density at radius 1 is 1.29 bits per heavy atom. The van der Waals surface area contributed by atoms with Gasteiger partial charge in [0.15, 0.2) is 0 Å². The smallest absolute Gasteiger partial charge is 0.257 e. The van der Waals surface area contributed by atoms with Gasteiger partial charge < -0.3 is 15.0 Å². The van der Waals surface area contributed by atoms with Gasteiger partial charge >= 0.3 is 0 Å². The van der Waals surface area contributed by atoms with Gasteiger partial charge in [-0.2, -0.15) is 0 Å². The highest BCUT2D eigenvalue weighted by Crippen LogP contribution is 2.12. The molecule has 2 aliphatic heterocycles. The fourth-order valence-electron chi connectivity index (χ4n) is 2.27. The Hall–Kier alpha value is -1.40. The summed E-state index contributed by atoms with van der Waals surface area (Å²) in [4.78, 5) is 21.5. The zero-order chi connectivity index (χ0) is 11.7. The molecule has 0 unspecified atom stereocenters. The Kier molecular flexibility index (Phi) is 2.82. The summed E-state index contributed by atoms with van der Waals surface area (Å²) in [6.45, 7) is 4.50. The van der Waals surface area contributed by atoms with Gasteiger partial charge in [0.1, 0.15) is 0 Å². The van der Waals surface area contributed by atoms with E-state index in [0.29, 0.717) is 25.7 Å². The van der Waals surface area contributed by atoms with Gasteiger partial charge in [0.2, 0.25) is 5.95 Å². The number of nitrogens with one attached hydrogen (secondary N) is 2. The number of hydrogen-bond acceptors (Lipinski definition) is 5. The fourth-order valence-corrected chi connectivity index (χ4v) is 2.27. The van der Waals surface area contributed by atoms with Crippen molar-refractivity contribution >= 4 is 5.95 Å². The Balaban J connectivity index is 1.95. The van der Waals surface area contributed by atoms with Crippen molar-refractivity contribution < 1.29 is 4.74 Å². The lowest BCUT2D eigenvalue weighted by molar-refractivity contribution is 0.122. The van der Waals surface area contributed by atoms with Crippen LogP contribution >= 0.6 is 0 Å². The van der Waals surface area contributed by atoms with Crippen LogP contribution in [0.3, 0.4) is 0 Å². The van der Waals surface area contributed by atoms with E-state index in [9.17, 15) is 4.79 Å². The van der Waals surface area contributed by atoms with Crippen LogP contribution in [0.1, 0.15) is 11.3 Å². The molecule has 0 aromatic carbocycles. The molecule has 1 fully saturated rings. The molecule has 0 radical (unpaired) electrons. The minimum absolute atomic E-state index is 0.0105. The summed E-state index contributed by atoms with van der Waals surface area (Å²) in [6, 6.07) is 0. The quantitative estimate of drug-likeness (QED) is 0.671. The van der Waals surface area contributed by atoms with Gasteiger partial charge in [0, 0.05) is 32.6 Å². The lowest BCUT2D eigenvalue weighted by Crippen LogP contribution is -2.40. The van der Waals surface area contributed by atoms with Crippen LogP contribution in [0, 0.1) is 0 Å². The molecule has 0 spiro atoms. The third kappa shape index (κ3) is 2.05. The van der Waals surface area contributed by atoms with Crippen LogP contribution < -0.4 is 15.8 Å². The van der Waals surface area contributed by atoms with Gasteiger partial charge in [-0.3, -0.25) is 9.78 Å². The number of nitrogens with zero attached hydrogens (tertiary/aromatic N) is 2. The molecule has 0 amide bonds. The van der Waals surface area contributed by atoms with Gasteiger partial charge in [0.25, 0.3) is 5.56 Å². The van der Waals surface area contributed by atoms with E-state index >= 15 is 0 Å². The Labute approximate surface area is 99.0 Å². The number of anilines is 1. The van der Waals surface area contributed by atoms with Crippen LogP contribution in [0.2, 0.25) is 0 Å². The summed E-state index contributed by atoms with van der Waals surface area (Å²) >= 11 is 0.